The first kappa shape index (κ1) is 17.0. The predicted octanol–water partition coefficient (Wildman–Crippen LogP) is 2.51. The number of piperidine rings is 1. The van der Waals surface area contributed by atoms with Gasteiger partial charge in [-0.25, -0.2) is 4.68 Å². The average Bonchev–Trinajstić information content (AvgIpc) is 3.26. The largest absolute Gasteiger partial charge is 0.339 e. The van der Waals surface area contributed by atoms with Crippen molar-refractivity contribution < 1.29 is 4.79 Å². The fourth-order valence-corrected chi connectivity index (χ4v) is 3.74. The number of nitrogens with one attached hydrogen (secondary N) is 1. The van der Waals surface area contributed by atoms with E-state index in [1.807, 2.05) is 41.4 Å². The van der Waals surface area contributed by atoms with Crippen molar-refractivity contribution in [3.05, 3.63) is 48.3 Å². The molecule has 0 atom stereocenters. The Bertz CT molecular complexity index is 684. The molecule has 1 N–H and O–H groups in total. The van der Waals surface area contributed by atoms with Crippen LogP contribution in [0, 0.1) is 5.41 Å². The van der Waals surface area contributed by atoms with Gasteiger partial charge in [0.2, 0.25) is 0 Å². The molecule has 128 valence electrons. The Morgan fingerprint density at radius 1 is 1.12 bits per heavy atom. The minimum absolute atomic E-state index is 0. The van der Waals surface area contributed by atoms with Crippen LogP contribution < -0.4 is 5.32 Å². The molecule has 0 saturated carbocycles. The summed E-state index contributed by atoms with van der Waals surface area (Å²) in [7, 11) is 0. The molecule has 0 aliphatic carbocycles. The number of carbonyl (C=O) groups is 1. The predicted molar refractivity (Wildman–Crippen MR) is 95.9 cm³/mol. The number of hydrogen-bond acceptors (Lipinski definition) is 3. The lowest BCUT2D eigenvalue weighted by Crippen LogP contribution is -2.43. The smallest absolute Gasteiger partial charge is 0.257 e. The van der Waals surface area contributed by atoms with Gasteiger partial charge in [0.25, 0.3) is 5.91 Å². The second kappa shape index (κ2) is 6.95. The Kier molecular flexibility index (Phi) is 4.92. The van der Waals surface area contributed by atoms with Gasteiger partial charge in [-0.3, -0.25) is 4.79 Å². The molecule has 1 aromatic carbocycles. The first-order valence-corrected chi connectivity index (χ1v) is 8.36. The number of para-hydroxylation sites is 1. The maximum absolute atomic E-state index is 12.7. The fraction of sp³-hybridized carbons (Fsp3) is 0.444. The number of amides is 1. The van der Waals surface area contributed by atoms with Crippen LogP contribution in [0.15, 0.2) is 42.7 Å². The molecule has 5 nitrogen and oxygen atoms in total. The number of hydrogen-bond donors (Lipinski definition) is 1. The van der Waals surface area contributed by atoms with Crippen molar-refractivity contribution >= 4 is 18.3 Å². The summed E-state index contributed by atoms with van der Waals surface area (Å²) in [5, 5.41) is 7.80. The van der Waals surface area contributed by atoms with Crippen molar-refractivity contribution in [2.75, 3.05) is 26.2 Å². The van der Waals surface area contributed by atoms with Crippen LogP contribution in [0.5, 0.6) is 0 Å². The highest BCUT2D eigenvalue weighted by Gasteiger charge is 2.38. The third kappa shape index (κ3) is 3.19. The number of aromatic nitrogens is 2. The van der Waals surface area contributed by atoms with Crippen LogP contribution in [0.25, 0.3) is 5.69 Å². The highest BCUT2D eigenvalue weighted by Crippen LogP contribution is 2.37. The molecular weight excluding hydrogens is 324 g/mol. The number of likely N-dealkylation sites (tertiary alicyclic amines) is 1. The first-order chi connectivity index (χ1) is 11.3. The van der Waals surface area contributed by atoms with E-state index in [2.05, 4.69) is 10.4 Å². The van der Waals surface area contributed by atoms with Crippen LogP contribution in [0.1, 0.15) is 29.6 Å². The molecule has 6 heteroatoms. The molecule has 2 fully saturated rings. The van der Waals surface area contributed by atoms with Crippen LogP contribution in [-0.4, -0.2) is 46.8 Å². The van der Waals surface area contributed by atoms with E-state index in [9.17, 15) is 4.79 Å². The number of halogens is 1. The molecule has 2 aliphatic heterocycles. The second-order valence-corrected chi connectivity index (χ2v) is 6.73. The normalized spacial score (nSPS) is 19.2. The molecule has 3 heterocycles. The van der Waals surface area contributed by atoms with Gasteiger partial charge in [-0.1, -0.05) is 18.2 Å². The molecule has 2 aromatic rings. The second-order valence-electron chi connectivity index (χ2n) is 6.73. The first-order valence-electron chi connectivity index (χ1n) is 8.36. The molecule has 0 radical (unpaired) electrons. The Morgan fingerprint density at radius 3 is 2.54 bits per heavy atom. The van der Waals surface area contributed by atoms with E-state index in [4.69, 9.17) is 0 Å². The van der Waals surface area contributed by atoms with Crippen LogP contribution in [0.2, 0.25) is 0 Å². The summed E-state index contributed by atoms with van der Waals surface area (Å²) in [5.41, 5.74) is 2.08. The summed E-state index contributed by atoms with van der Waals surface area (Å²) in [5.74, 6) is 0.105. The van der Waals surface area contributed by atoms with Crippen LogP contribution in [-0.2, 0) is 0 Å². The topological polar surface area (TPSA) is 50.2 Å². The lowest BCUT2D eigenvalue weighted by Gasteiger charge is -2.38. The molecule has 1 aromatic heterocycles. The summed E-state index contributed by atoms with van der Waals surface area (Å²) in [6.07, 6.45) is 6.98. The third-order valence-corrected chi connectivity index (χ3v) is 5.29. The van der Waals surface area contributed by atoms with E-state index in [-0.39, 0.29) is 18.3 Å². The number of carbonyl (C=O) groups excluding carboxylic acids is 1. The highest BCUT2D eigenvalue weighted by molar-refractivity contribution is 5.93. The van der Waals surface area contributed by atoms with Crippen molar-refractivity contribution in [3.8, 4) is 5.69 Å². The zero-order valence-corrected chi connectivity index (χ0v) is 14.5. The Hall–Kier alpha value is -1.85. The molecule has 0 unspecified atom stereocenters. The van der Waals surface area contributed by atoms with E-state index >= 15 is 0 Å². The van der Waals surface area contributed by atoms with Gasteiger partial charge in [-0.2, -0.15) is 5.10 Å². The summed E-state index contributed by atoms with van der Waals surface area (Å²) >= 11 is 0. The number of benzene rings is 1. The zero-order chi connectivity index (χ0) is 15.7. The van der Waals surface area contributed by atoms with Crippen LogP contribution >= 0.6 is 12.4 Å². The molecular formula is C18H23ClN4O. The summed E-state index contributed by atoms with van der Waals surface area (Å²) in [4.78, 5) is 14.7. The van der Waals surface area contributed by atoms with Gasteiger partial charge in [0.1, 0.15) is 0 Å². The summed E-state index contributed by atoms with van der Waals surface area (Å²) < 4.78 is 1.76. The van der Waals surface area contributed by atoms with Gasteiger partial charge >= 0.3 is 0 Å². The fourth-order valence-electron chi connectivity index (χ4n) is 3.74. The zero-order valence-electron chi connectivity index (χ0n) is 13.6. The molecule has 4 rings (SSSR count). The Balaban J connectivity index is 0.00000169. The van der Waals surface area contributed by atoms with E-state index < -0.39 is 0 Å². The number of nitrogens with zero attached hydrogens (tertiary/aromatic N) is 3. The molecule has 1 spiro atoms. The van der Waals surface area contributed by atoms with E-state index in [0.29, 0.717) is 11.0 Å². The van der Waals surface area contributed by atoms with Gasteiger partial charge < -0.3 is 10.2 Å². The van der Waals surface area contributed by atoms with Crippen LogP contribution in [0.3, 0.4) is 0 Å². The standard InChI is InChI=1S/C18H22N4O.ClH/c23-17(21-10-7-18(8-11-21)6-9-19-14-18)15-12-20-22(13-15)16-4-2-1-3-5-16;/h1-5,12-13,19H,6-11,14H2;1H. The quantitative estimate of drug-likeness (QED) is 0.909. The highest BCUT2D eigenvalue weighted by atomic mass is 35.5. The van der Waals surface area contributed by atoms with Crippen molar-refractivity contribution in [2.45, 2.75) is 19.3 Å². The van der Waals surface area contributed by atoms with E-state index in [1.165, 1.54) is 6.42 Å². The monoisotopic (exact) mass is 346 g/mol. The number of rotatable bonds is 2. The van der Waals surface area contributed by atoms with Gasteiger partial charge in [-0.05, 0) is 43.4 Å². The molecule has 2 aliphatic rings. The van der Waals surface area contributed by atoms with Gasteiger partial charge in [0.15, 0.2) is 0 Å². The van der Waals surface area contributed by atoms with Crippen LogP contribution in [0.4, 0.5) is 0 Å². The van der Waals surface area contributed by atoms with Crippen molar-refractivity contribution in [3.63, 3.8) is 0 Å². The summed E-state index contributed by atoms with van der Waals surface area (Å²) in [6, 6.07) is 9.88. The van der Waals surface area contributed by atoms with E-state index in [0.717, 1.165) is 44.7 Å². The molecule has 1 amide bonds. The third-order valence-electron chi connectivity index (χ3n) is 5.29. The van der Waals surface area contributed by atoms with Gasteiger partial charge in [-0.15, -0.1) is 12.4 Å². The Morgan fingerprint density at radius 2 is 1.88 bits per heavy atom. The minimum atomic E-state index is 0. The average molecular weight is 347 g/mol. The maximum Gasteiger partial charge on any atom is 0.257 e. The Labute approximate surface area is 148 Å². The molecule has 0 bridgehead atoms. The SMILES string of the molecule is Cl.O=C(c1cnn(-c2ccccc2)c1)N1CCC2(CCNC2)CC1. The lowest BCUT2D eigenvalue weighted by atomic mass is 9.78. The van der Waals surface area contributed by atoms with Crippen molar-refractivity contribution in [1.82, 2.24) is 20.0 Å². The lowest BCUT2D eigenvalue weighted by molar-refractivity contribution is 0.0607. The van der Waals surface area contributed by atoms with Crippen molar-refractivity contribution in [1.29, 1.82) is 0 Å². The maximum atomic E-state index is 12.7. The van der Waals surface area contributed by atoms with Gasteiger partial charge in [0.05, 0.1) is 17.4 Å². The van der Waals surface area contributed by atoms with Crippen molar-refractivity contribution in [2.24, 2.45) is 5.41 Å². The summed E-state index contributed by atoms with van der Waals surface area (Å²) in [6.45, 7) is 3.95. The van der Waals surface area contributed by atoms with E-state index in [1.54, 1.807) is 10.9 Å². The molecule has 24 heavy (non-hydrogen) atoms. The van der Waals surface area contributed by atoms with Gasteiger partial charge in [0, 0.05) is 25.8 Å². The molecule has 2 saturated heterocycles. The minimum Gasteiger partial charge on any atom is -0.339 e.